The smallest absolute Gasteiger partial charge is 0.248 e. The van der Waals surface area contributed by atoms with Crippen molar-refractivity contribution in [1.82, 2.24) is 10.2 Å². The Hall–Kier alpha value is -3.22. The molecule has 7 nitrogen and oxygen atoms in total. The Morgan fingerprint density at radius 3 is 2.54 bits per heavy atom. The molecule has 1 aliphatic heterocycles. The quantitative estimate of drug-likeness (QED) is 0.609. The highest BCUT2D eigenvalue weighted by molar-refractivity contribution is 5.92. The molecule has 1 amide bonds. The van der Waals surface area contributed by atoms with Crippen LogP contribution in [-0.4, -0.2) is 44.6 Å². The van der Waals surface area contributed by atoms with Gasteiger partial charge in [0, 0.05) is 32.2 Å². The van der Waals surface area contributed by atoms with Gasteiger partial charge in [0.15, 0.2) is 17.5 Å². The number of hydrogen-bond acceptors (Lipinski definition) is 4. The van der Waals surface area contributed by atoms with Crippen molar-refractivity contribution in [2.24, 2.45) is 10.7 Å². The lowest BCUT2D eigenvalue weighted by molar-refractivity contribution is 0.1000. The zero-order chi connectivity index (χ0) is 20.1. The third-order valence-corrected chi connectivity index (χ3v) is 4.89. The molecule has 7 heteroatoms. The average Bonchev–Trinajstić information content (AvgIpc) is 2.73. The topological polar surface area (TPSA) is 89.2 Å². The molecule has 3 N–H and O–H groups in total. The van der Waals surface area contributed by atoms with E-state index in [0.29, 0.717) is 12.1 Å². The maximum Gasteiger partial charge on any atom is 0.248 e. The molecular weight excluding hydrogens is 356 g/mol. The molecule has 2 aromatic rings. The summed E-state index contributed by atoms with van der Waals surface area (Å²) in [6.45, 7) is 2.14. The van der Waals surface area contributed by atoms with Crippen LogP contribution < -0.4 is 20.5 Å². The SMILES string of the molecule is CN=C(NCc1cccc(C(N)=O)c1)N1CCc2cc(OC)c(OC)cc2C1. The number of amides is 1. The first-order chi connectivity index (χ1) is 13.5. The molecule has 3 rings (SSSR count). The molecule has 1 heterocycles. The highest BCUT2D eigenvalue weighted by Crippen LogP contribution is 2.33. The second-order valence-electron chi connectivity index (χ2n) is 6.61. The summed E-state index contributed by atoms with van der Waals surface area (Å²) in [5.41, 5.74) is 9.30. The minimum absolute atomic E-state index is 0.428. The fraction of sp³-hybridized carbons (Fsp3) is 0.333. The number of ether oxygens (including phenoxy) is 2. The molecule has 0 spiro atoms. The number of primary amides is 1. The lowest BCUT2D eigenvalue weighted by atomic mass is 9.99. The number of carbonyl (C=O) groups excluding carboxylic acids is 1. The van der Waals surface area contributed by atoms with Crippen LogP contribution in [0.25, 0.3) is 0 Å². The molecule has 0 fully saturated rings. The van der Waals surface area contributed by atoms with Crippen molar-refractivity contribution in [1.29, 1.82) is 0 Å². The number of methoxy groups -OCH3 is 2. The number of benzene rings is 2. The summed E-state index contributed by atoms with van der Waals surface area (Å²) in [6.07, 6.45) is 0.896. The van der Waals surface area contributed by atoms with Crippen LogP contribution in [0.1, 0.15) is 27.0 Å². The van der Waals surface area contributed by atoms with Crippen LogP contribution in [0.2, 0.25) is 0 Å². The van der Waals surface area contributed by atoms with Crippen molar-refractivity contribution in [2.45, 2.75) is 19.5 Å². The standard InChI is InChI=1S/C21H26N4O3/c1-23-21(24-12-14-5-4-6-16(9-14)20(22)26)25-8-7-15-10-18(27-2)19(28-3)11-17(15)13-25/h4-6,9-11H,7-8,12-13H2,1-3H3,(H2,22,26)(H,23,24). The van der Waals surface area contributed by atoms with Gasteiger partial charge in [-0.25, -0.2) is 0 Å². The number of nitrogens with two attached hydrogens (primary N) is 1. The monoisotopic (exact) mass is 382 g/mol. The van der Waals surface area contributed by atoms with Gasteiger partial charge in [0.25, 0.3) is 0 Å². The maximum atomic E-state index is 11.4. The molecular formula is C21H26N4O3. The summed E-state index contributed by atoms with van der Waals surface area (Å²) >= 11 is 0. The Kier molecular flexibility index (Phi) is 6.03. The van der Waals surface area contributed by atoms with E-state index in [1.807, 2.05) is 18.2 Å². The van der Waals surface area contributed by atoms with Crippen LogP contribution in [0, 0.1) is 0 Å². The number of aliphatic imine (C=N–C) groups is 1. The Morgan fingerprint density at radius 1 is 1.18 bits per heavy atom. The lowest BCUT2D eigenvalue weighted by Crippen LogP contribution is -2.43. The van der Waals surface area contributed by atoms with Crippen molar-refractivity contribution >= 4 is 11.9 Å². The Bertz CT molecular complexity index is 895. The van der Waals surface area contributed by atoms with E-state index in [-0.39, 0.29) is 0 Å². The van der Waals surface area contributed by atoms with Gasteiger partial charge in [-0.05, 0) is 47.4 Å². The number of rotatable bonds is 5. The van der Waals surface area contributed by atoms with Gasteiger partial charge < -0.3 is 25.4 Å². The fourth-order valence-electron chi connectivity index (χ4n) is 3.41. The minimum Gasteiger partial charge on any atom is -0.493 e. The average molecular weight is 382 g/mol. The van der Waals surface area contributed by atoms with Gasteiger partial charge in [-0.1, -0.05) is 12.1 Å². The van der Waals surface area contributed by atoms with E-state index >= 15 is 0 Å². The summed E-state index contributed by atoms with van der Waals surface area (Å²) in [5, 5.41) is 3.37. The molecule has 0 bridgehead atoms. The van der Waals surface area contributed by atoms with Crippen molar-refractivity contribution in [2.75, 3.05) is 27.8 Å². The Balaban J connectivity index is 1.71. The summed E-state index contributed by atoms with van der Waals surface area (Å²) in [5.74, 6) is 1.87. The van der Waals surface area contributed by atoms with E-state index in [9.17, 15) is 4.79 Å². The Morgan fingerprint density at radius 2 is 1.89 bits per heavy atom. The molecule has 0 atom stereocenters. The van der Waals surface area contributed by atoms with Crippen molar-refractivity contribution < 1.29 is 14.3 Å². The van der Waals surface area contributed by atoms with Crippen LogP contribution >= 0.6 is 0 Å². The van der Waals surface area contributed by atoms with Gasteiger partial charge in [-0.15, -0.1) is 0 Å². The zero-order valence-corrected chi connectivity index (χ0v) is 16.5. The van der Waals surface area contributed by atoms with Crippen LogP contribution in [0.3, 0.4) is 0 Å². The van der Waals surface area contributed by atoms with Gasteiger partial charge >= 0.3 is 0 Å². The third kappa shape index (κ3) is 4.19. The molecule has 0 aliphatic carbocycles. The minimum atomic E-state index is -0.428. The van der Waals surface area contributed by atoms with E-state index in [2.05, 4.69) is 21.3 Å². The van der Waals surface area contributed by atoms with Gasteiger partial charge in [-0.2, -0.15) is 0 Å². The van der Waals surface area contributed by atoms with Gasteiger partial charge in [0.2, 0.25) is 5.91 Å². The summed E-state index contributed by atoms with van der Waals surface area (Å²) in [7, 11) is 5.07. The number of hydrogen-bond donors (Lipinski definition) is 2. The van der Waals surface area contributed by atoms with Crippen LogP contribution in [0.15, 0.2) is 41.4 Å². The summed E-state index contributed by atoms with van der Waals surface area (Å²) in [4.78, 5) is 18.0. The zero-order valence-electron chi connectivity index (χ0n) is 16.5. The maximum absolute atomic E-state index is 11.4. The molecule has 0 radical (unpaired) electrons. The first-order valence-electron chi connectivity index (χ1n) is 9.13. The molecule has 28 heavy (non-hydrogen) atoms. The van der Waals surface area contributed by atoms with E-state index in [0.717, 1.165) is 42.5 Å². The first-order valence-corrected chi connectivity index (χ1v) is 9.13. The third-order valence-electron chi connectivity index (χ3n) is 4.89. The van der Waals surface area contributed by atoms with E-state index in [4.69, 9.17) is 15.2 Å². The molecule has 2 aromatic carbocycles. The van der Waals surface area contributed by atoms with Gasteiger partial charge in [0.05, 0.1) is 14.2 Å². The second-order valence-corrected chi connectivity index (χ2v) is 6.61. The van der Waals surface area contributed by atoms with Crippen LogP contribution in [0.4, 0.5) is 0 Å². The molecule has 0 unspecified atom stereocenters. The molecule has 0 saturated carbocycles. The number of fused-ring (bicyclic) bond motifs is 1. The first kappa shape index (κ1) is 19.5. The highest BCUT2D eigenvalue weighted by atomic mass is 16.5. The fourth-order valence-corrected chi connectivity index (χ4v) is 3.41. The molecule has 0 saturated heterocycles. The second kappa shape index (κ2) is 8.65. The predicted octanol–water partition coefficient (Wildman–Crippen LogP) is 1.94. The number of nitrogens with one attached hydrogen (secondary N) is 1. The van der Waals surface area contributed by atoms with Crippen LogP contribution in [0.5, 0.6) is 11.5 Å². The summed E-state index contributed by atoms with van der Waals surface area (Å²) < 4.78 is 10.8. The van der Waals surface area contributed by atoms with E-state index in [1.165, 1.54) is 11.1 Å². The molecule has 148 valence electrons. The number of guanidine groups is 1. The molecule has 1 aliphatic rings. The number of carbonyl (C=O) groups is 1. The van der Waals surface area contributed by atoms with E-state index in [1.54, 1.807) is 33.4 Å². The van der Waals surface area contributed by atoms with Crippen molar-refractivity contribution in [3.05, 3.63) is 58.7 Å². The van der Waals surface area contributed by atoms with Gasteiger partial charge in [-0.3, -0.25) is 9.79 Å². The largest absolute Gasteiger partial charge is 0.493 e. The highest BCUT2D eigenvalue weighted by Gasteiger charge is 2.21. The summed E-state index contributed by atoms with van der Waals surface area (Å²) in [6, 6.07) is 11.4. The van der Waals surface area contributed by atoms with Gasteiger partial charge in [0.1, 0.15) is 0 Å². The van der Waals surface area contributed by atoms with Crippen molar-refractivity contribution in [3.8, 4) is 11.5 Å². The predicted molar refractivity (Wildman–Crippen MR) is 109 cm³/mol. The molecule has 0 aromatic heterocycles. The normalized spacial score (nSPS) is 13.7. The van der Waals surface area contributed by atoms with E-state index < -0.39 is 5.91 Å². The van der Waals surface area contributed by atoms with Crippen LogP contribution in [-0.2, 0) is 19.5 Å². The Labute approximate surface area is 165 Å². The van der Waals surface area contributed by atoms with Crippen molar-refractivity contribution in [3.63, 3.8) is 0 Å². The lowest BCUT2D eigenvalue weighted by Gasteiger charge is -2.32. The number of nitrogens with zero attached hydrogens (tertiary/aromatic N) is 2.